The molecule has 0 N–H and O–H groups in total. The van der Waals surface area contributed by atoms with Crippen molar-refractivity contribution in [3.05, 3.63) is 0 Å². The zero-order chi connectivity index (χ0) is 19.7. The molecule has 3 unspecified atom stereocenters. The Hall–Kier alpha value is 0.310. The van der Waals surface area contributed by atoms with E-state index in [1.807, 2.05) is 20.8 Å². The topological polar surface area (TPSA) is 27.7 Å². The Bertz CT molecular complexity index is 282. The molecule has 0 aromatic carbocycles. The van der Waals surface area contributed by atoms with Crippen LogP contribution in [-0.2, 0) is 14.2 Å². The molecule has 0 heterocycles. The molecular weight excluding hydrogens is 343 g/mol. The van der Waals surface area contributed by atoms with Gasteiger partial charge in [-0.1, -0.05) is 52.4 Å². The molecule has 0 aliphatic rings. The van der Waals surface area contributed by atoms with Gasteiger partial charge >= 0.3 is 0 Å². The van der Waals surface area contributed by atoms with Crippen molar-refractivity contribution in [2.75, 3.05) is 32.6 Å². The molecule has 0 radical (unpaired) electrons. The first-order valence-corrected chi connectivity index (χ1v) is 12.9. The first-order valence-electron chi connectivity index (χ1n) is 11.2. The molecule has 0 aromatic rings. The Morgan fingerprint density at radius 3 is 1.77 bits per heavy atom. The molecule has 0 saturated carbocycles. The van der Waals surface area contributed by atoms with Gasteiger partial charge in [-0.2, -0.15) is 0 Å². The minimum atomic E-state index is -0.862. The van der Waals surface area contributed by atoms with Gasteiger partial charge in [-0.05, 0) is 58.8 Å². The summed E-state index contributed by atoms with van der Waals surface area (Å²) in [5.74, 6) is 0.0514. The van der Waals surface area contributed by atoms with Gasteiger partial charge in [0.2, 0.25) is 0 Å². The van der Waals surface area contributed by atoms with Crippen LogP contribution in [0.1, 0.15) is 92.4 Å². The van der Waals surface area contributed by atoms with E-state index < -0.39 is 5.97 Å². The Morgan fingerprint density at radius 2 is 1.31 bits per heavy atom. The standard InChI is InChI=1S/C22H47O3P/c1-7-12-13-14-15-17-20(8-2)21(18-16-19-26-6)22(23-9-3,24-10-4)25-11-5/h20-21,26H,7-19H2,1-6H3. The minimum absolute atomic E-state index is 0.315. The van der Waals surface area contributed by atoms with Crippen LogP contribution in [0.4, 0.5) is 0 Å². The smallest absolute Gasteiger partial charge is 0.286 e. The van der Waals surface area contributed by atoms with Gasteiger partial charge in [-0.3, -0.25) is 0 Å². The van der Waals surface area contributed by atoms with Crippen molar-refractivity contribution in [1.29, 1.82) is 0 Å². The van der Waals surface area contributed by atoms with Crippen LogP contribution in [-0.4, -0.2) is 38.6 Å². The van der Waals surface area contributed by atoms with Gasteiger partial charge in [-0.25, -0.2) is 0 Å². The first-order chi connectivity index (χ1) is 12.7. The highest BCUT2D eigenvalue weighted by molar-refractivity contribution is 7.36. The van der Waals surface area contributed by atoms with Gasteiger partial charge < -0.3 is 14.2 Å². The largest absolute Gasteiger partial charge is 0.328 e. The quantitative estimate of drug-likeness (QED) is 0.137. The van der Waals surface area contributed by atoms with Gasteiger partial charge in [0, 0.05) is 25.7 Å². The highest BCUT2D eigenvalue weighted by Crippen LogP contribution is 2.39. The predicted octanol–water partition coefficient (Wildman–Crippen LogP) is 6.84. The third-order valence-electron chi connectivity index (χ3n) is 5.20. The molecule has 0 aliphatic carbocycles. The monoisotopic (exact) mass is 390 g/mol. The average molecular weight is 391 g/mol. The summed E-state index contributed by atoms with van der Waals surface area (Å²) in [5.41, 5.74) is 0. The van der Waals surface area contributed by atoms with E-state index in [-0.39, 0.29) is 0 Å². The van der Waals surface area contributed by atoms with Gasteiger partial charge in [0.15, 0.2) is 0 Å². The number of ether oxygens (including phenoxy) is 3. The van der Waals surface area contributed by atoms with E-state index in [0.29, 0.717) is 31.7 Å². The summed E-state index contributed by atoms with van der Waals surface area (Å²) in [4.78, 5) is 0. The highest BCUT2D eigenvalue weighted by atomic mass is 31.1. The van der Waals surface area contributed by atoms with Crippen LogP contribution in [0, 0.1) is 11.8 Å². The molecule has 0 aromatic heterocycles. The second-order valence-electron chi connectivity index (χ2n) is 7.13. The van der Waals surface area contributed by atoms with E-state index in [0.717, 1.165) is 15.0 Å². The summed E-state index contributed by atoms with van der Waals surface area (Å²) in [6.45, 7) is 14.9. The summed E-state index contributed by atoms with van der Waals surface area (Å²) in [6, 6.07) is 0. The molecule has 3 nitrogen and oxygen atoms in total. The van der Waals surface area contributed by atoms with Crippen molar-refractivity contribution in [1.82, 2.24) is 0 Å². The maximum atomic E-state index is 6.19. The summed E-state index contributed by atoms with van der Waals surface area (Å²) in [7, 11) is 1.02. The average Bonchev–Trinajstić information content (AvgIpc) is 2.63. The molecule has 26 heavy (non-hydrogen) atoms. The van der Waals surface area contributed by atoms with Gasteiger partial charge in [0.1, 0.15) is 0 Å². The summed E-state index contributed by atoms with van der Waals surface area (Å²) in [6.07, 6.45) is 12.8. The maximum Gasteiger partial charge on any atom is 0.286 e. The molecule has 0 amide bonds. The van der Waals surface area contributed by atoms with Crippen LogP contribution in [0.5, 0.6) is 0 Å². The fraction of sp³-hybridized carbons (Fsp3) is 1.00. The molecule has 158 valence electrons. The Balaban J connectivity index is 5.23. The van der Waals surface area contributed by atoms with Crippen molar-refractivity contribution in [3.8, 4) is 0 Å². The highest BCUT2D eigenvalue weighted by Gasteiger charge is 2.45. The van der Waals surface area contributed by atoms with Crippen LogP contribution in [0.15, 0.2) is 0 Å². The number of unbranched alkanes of at least 4 members (excludes halogenated alkanes) is 4. The van der Waals surface area contributed by atoms with Crippen molar-refractivity contribution in [3.63, 3.8) is 0 Å². The SMILES string of the molecule is CCCCCCCC(CC)C(CCCPC)C(OCC)(OCC)OCC. The number of hydrogen-bond donors (Lipinski definition) is 0. The summed E-state index contributed by atoms with van der Waals surface area (Å²) in [5, 5.41) is 0. The normalized spacial score (nSPS) is 15.0. The van der Waals surface area contributed by atoms with E-state index in [9.17, 15) is 0 Å². The van der Waals surface area contributed by atoms with Gasteiger partial charge in [0.05, 0.1) is 0 Å². The molecule has 0 fully saturated rings. The summed E-state index contributed by atoms with van der Waals surface area (Å²) >= 11 is 0. The lowest BCUT2D eigenvalue weighted by Crippen LogP contribution is -2.49. The summed E-state index contributed by atoms with van der Waals surface area (Å²) < 4.78 is 18.6. The van der Waals surface area contributed by atoms with Crippen LogP contribution in [0.3, 0.4) is 0 Å². The minimum Gasteiger partial charge on any atom is -0.328 e. The fourth-order valence-corrected chi connectivity index (χ4v) is 4.51. The first kappa shape index (κ1) is 26.3. The second kappa shape index (κ2) is 17.4. The van der Waals surface area contributed by atoms with Gasteiger partial charge in [-0.15, -0.1) is 8.58 Å². The van der Waals surface area contributed by atoms with Crippen molar-refractivity contribution in [2.24, 2.45) is 11.8 Å². The third kappa shape index (κ3) is 10.0. The fourth-order valence-electron chi connectivity index (χ4n) is 3.95. The molecule has 0 rings (SSSR count). The number of hydrogen-bond acceptors (Lipinski definition) is 3. The molecule has 4 heteroatoms. The predicted molar refractivity (Wildman–Crippen MR) is 117 cm³/mol. The van der Waals surface area contributed by atoms with Crippen LogP contribution in [0.2, 0.25) is 0 Å². The third-order valence-corrected chi connectivity index (χ3v) is 6.06. The Kier molecular flexibility index (Phi) is 17.6. The van der Waals surface area contributed by atoms with Crippen LogP contribution in [0.25, 0.3) is 0 Å². The van der Waals surface area contributed by atoms with Crippen molar-refractivity contribution in [2.45, 2.75) is 98.4 Å². The van der Waals surface area contributed by atoms with Gasteiger partial charge in [0.25, 0.3) is 5.97 Å². The molecular formula is C22H47O3P. The maximum absolute atomic E-state index is 6.19. The van der Waals surface area contributed by atoms with Crippen LogP contribution < -0.4 is 0 Å². The number of rotatable bonds is 19. The molecule has 0 saturated heterocycles. The molecule has 0 bridgehead atoms. The Labute approximate surface area is 166 Å². The van der Waals surface area contributed by atoms with E-state index in [2.05, 4.69) is 20.5 Å². The van der Waals surface area contributed by atoms with E-state index in [1.165, 1.54) is 57.5 Å². The van der Waals surface area contributed by atoms with Crippen molar-refractivity contribution < 1.29 is 14.2 Å². The van der Waals surface area contributed by atoms with E-state index in [1.54, 1.807) is 0 Å². The Morgan fingerprint density at radius 1 is 0.731 bits per heavy atom. The van der Waals surface area contributed by atoms with Crippen LogP contribution >= 0.6 is 8.58 Å². The lowest BCUT2D eigenvalue weighted by atomic mass is 9.80. The molecule has 0 spiro atoms. The zero-order valence-corrected chi connectivity index (χ0v) is 19.6. The molecule has 0 aliphatic heterocycles. The second-order valence-corrected chi connectivity index (χ2v) is 8.33. The molecule has 3 atom stereocenters. The van der Waals surface area contributed by atoms with E-state index >= 15 is 0 Å². The van der Waals surface area contributed by atoms with Crippen molar-refractivity contribution >= 4 is 8.58 Å². The van der Waals surface area contributed by atoms with E-state index in [4.69, 9.17) is 14.2 Å². The zero-order valence-electron chi connectivity index (χ0n) is 18.6. The lowest BCUT2D eigenvalue weighted by molar-refractivity contribution is -0.408. The lowest BCUT2D eigenvalue weighted by Gasteiger charge is -2.42.